The van der Waals surface area contributed by atoms with E-state index in [1.807, 2.05) is 18.2 Å². The Morgan fingerprint density at radius 1 is 1.29 bits per heavy atom. The molecule has 1 nitrogen and oxygen atoms in total. The van der Waals surface area contributed by atoms with Crippen molar-refractivity contribution in [3.8, 4) is 0 Å². The Morgan fingerprint density at radius 3 is 2.57 bits per heavy atom. The second-order valence-corrected chi connectivity index (χ2v) is 5.13. The monoisotopic (exact) mass is 207 g/mol. The Bertz CT molecular complexity index is 399. The molecule has 1 aromatic rings. The molecular formula is C12H14ClN. The van der Waals surface area contributed by atoms with Gasteiger partial charge in [0.25, 0.3) is 0 Å². The van der Waals surface area contributed by atoms with Crippen molar-refractivity contribution in [2.75, 3.05) is 0 Å². The van der Waals surface area contributed by atoms with Gasteiger partial charge in [-0.25, -0.2) is 0 Å². The highest BCUT2D eigenvalue weighted by atomic mass is 35.5. The van der Waals surface area contributed by atoms with Crippen LogP contribution in [0.2, 0.25) is 5.02 Å². The Balaban J connectivity index is 2.42. The van der Waals surface area contributed by atoms with Crippen molar-refractivity contribution in [2.24, 2.45) is 10.4 Å². The van der Waals surface area contributed by atoms with Gasteiger partial charge in [-0.2, -0.15) is 0 Å². The first-order valence-corrected chi connectivity index (χ1v) is 5.22. The van der Waals surface area contributed by atoms with Crippen LogP contribution < -0.4 is 0 Å². The maximum Gasteiger partial charge on any atom is 0.0680 e. The summed E-state index contributed by atoms with van der Waals surface area (Å²) in [5, 5.41) is 0.838. The van der Waals surface area contributed by atoms with Gasteiger partial charge in [0.15, 0.2) is 0 Å². The zero-order chi connectivity index (χ0) is 10.3. The van der Waals surface area contributed by atoms with Crippen LogP contribution in [0.4, 0.5) is 5.69 Å². The zero-order valence-electron chi connectivity index (χ0n) is 8.76. The smallest absolute Gasteiger partial charge is 0.0680 e. The lowest BCUT2D eigenvalue weighted by atomic mass is 9.87. The Hall–Kier alpha value is -0.820. The number of rotatable bonds is 0. The number of nitrogens with zero attached hydrogens (tertiary/aromatic N) is 1. The maximum absolute atomic E-state index is 6.11. The summed E-state index contributed by atoms with van der Waals surface area (Å²) in [4.78, 5) is 4.62. The average Bonchev–Trinajstić information content (AvgIpc) is 2.48. The molecule has 0 saturated heterocycles. The fourth-order valence-corrected chi connectivity index (χ4v) is 1.85. The van der Waals surface area contributed by atoms with Crippen LogP contribution in [0.3, 0.4) is 0 Å². The van der Waals surface area contributed by atoms with Crippen LogP contribution in [0.15, 0.2) is 23.2 Å². The normalized spacial score (nSPS) is 15.3. The van der Waals surface area contributed by atoms with E-state index in [0.29, 0.717) is 0 Å². The number of fused-ring (bicyclic) bond motifs is 1. The van der Waals surface area contributed by atoms with Gasteiger partial charge in [0.1, 0.15) is 0 Å². The van der Waals surface area contributed by atoms with Crippen LogP contribution in [0, 0.1) is 5.41 Å². The summed E-state index contributed by atoms with van der Waals surface area (Å²) in [7, 11) is 0. The van der Waals surface area contributed by atoms with E-state index in [1.54, 1.807) is 0 Å². The Kier molecular flexibility index (Phi) is 2.15. The van der Waals surface area contributed by atoms with Gasteiger partial charge in [0, 0.05) is 28.1 Å². The number of halogens is 1. The second-order valence-electron chi connectivity index (χ2n) is 4.72. The van der Waals surface area contributed by atoms with Gasteiger partial charge < -0.3 is 0 Å². The standard InChI is InChI=1S/C12H14ClN/c1-12(2,3)11-7-8-9(13)5-4-6-10(8)14-11/h4-6H,7H2,1-3H3. The molecule has 0 aromatic heterocycles. The summed E-state index contributed by atoms with van der Waals surface area (Å²) in [6.45, 7) is 6.56. The van der Waals surface area contributed by atoms with Crippen molar-refractivity contribution in [1.82, 2.24) is 0 Å². The third kappa shape index (κ3) is 1.57. The van der Waals surface area contributed by atoms with E-state index in [2.05, 4.69) is 25.8 Å². The molecule has 0 unspecified atom stereocenters. The molecular weight excluding hydrogens is 194 g/mol. The molecule has 0 bridgehead atoms. The van der Waals surface area contributed by atoms with Crippen LogP contribution in [-0.2, 0) is 6.42 Å². The first kappa shape index (κ1) is 9.72. The highest BCUT2D eigenvalue weighted by molar-refractivity contribution is 6.32. The van der Waals surface area contributed by atoms with Crippen LogP contribution >= 0.6 is 11.6 Å². The van der Waals surface area contributed by atoms with Crippen molar-refractivity contribution >= 4 is 23.0 Å². The van der Waals surface area contributed by atoms with E-state index in [-0.39, 0.29) is 5.41 Å². The summed E-state index contributed by atoms with van der Waals surface area (Å²) >= 11 is 6.11. The molecule has 1 aliphatic heterocycles. The predicted octanol–water partition coefficient (Wildman–Crippen LogP) is 4.01. The second kappa shape index (κ2) is 3.09. The van der Waals surface area contributed by atoms with Gasteiger partial charge in [-0.15, -0.1) is 0 Å². The van der Waals surface area contributed by atoms with Gasteiger partial charge in [-0.1, -0.05) is 38.4 Å². The molecule has 0 radical (unpaired) electrons. The molecule has 0 aliphatic carbocycles. The van der Waals surface area contributed by atoms with E-state index >= 15 is 0 Å². The van der Waals surface area contributed by atoms with Crippen LogP contribution in [0.25, 0.3) is 0 Å². The van der Waals surface area contributed by atoms with Gasteiger partial charge in [0.05, 0.1) is 5.69 Å². The number of benzene rings is 1. The van der Waals surface area contributed by atoms with E-state index in [0.717, 1.165) is 17.1 Å². The molecule has 2 heteroatoms. The highest BCUT2D eigenvalue weighted by Gasteiger charge is 2.25. The van der Waals surface area contributed by atoms with E-state index in [9.17, 15) is 0 Å². The summed E-state index contributed by atoms with van der Waals surface area (Å²) in [5.41, 5.74) is 3.59. The van der Waals surface area contributed by atoms with Crippen LogP contribution in [0.1, 0.15) is 26.3 Å². The Morgan fingerprint density at radius 2 is 2.00 bits per heavy atom. The third-order valence-electron chi connectivity index (χ3n) is 2.56. The van der Waals surface area contributed by atoms with Gasteiger partial charge >= 0.3 is 0 Å². The molecule has 1 aromatic carbocycles. The number of aliphatic imine (C=N–C) groups is 1. The van der Waals surface area contributed by atoms with Crippen molar-refractivity contribution in [3.05, 3.63) is 28.8 Å². The minimum Gasteiger partial charge on any atom is -0.257 e. The molecule has 0 fully saturated rings. The lowest BCUT2D eigenvalue weighted by Crippen LogP contribution is -2.19. The van der Waals surface area contributed by atoms with E-state index in [1.165, 1.54) is 11.3 Å². The average molecular weight is 208 g/mol. The van der Waals surface area contributed by atoms with E-state index in [4.69, 9.17) is 11.6 Å². The molecule has 0 spiro atoms. The molecule has 74 valence electrons. The van der Waals surface area contributed by atoms with Crippen molar-refractivity contribution < 1.29 is 0 Å². The number of hydrogen-bond acceptors (Lipinski definition) is 1. The van der Waals surface area contributed by atoms with Gasteiger partial charge in [-0.05, 0) is 12.1 Å². The topological polar surface area (TPSA) is 12.4 Å². The molecule has 0 amide bonds. The first-order valence-electron chi connectivity index (χ1n) is 4.84. The maximum atomic E-state index is 6.11. The fraction of sp³-hybridized carbons (Fsp3) is 0.417. The van der Waals surface area contributed by atoms with Gasteiger partial charge in [-0.3, -0.25) is 4.99 Å². The van der Waals surface area contributed by atoms with E-state index < -0.39 is 0 Å². The van der Waals surface area contributed by atoms with Gasteiger partial charge in [0.2, 0.25) is 0 Å². The molecule has 0 atom stereocenters. The minimum absolute atomic E-state index is 0.141. The SMILES string of the molecule is CC(C)(C)C1=Nc2cccc(Cl)c2C1. The quantitative estimate of drug-likeness (QED) is 0.610. The third-order valence-corrected chi connectivity index (χ3v) is 2.91. The van der Waals surface area contributed by atoms with Crippen molar-refractivity contribution in [2.45, 2.75) is 27.2 Å². The number of hydrogen-bond donors (Lipinski definition) is 0. The minimum atomic E-state index is 0.141. The first-order chi connectivity index (χ1) is 6.48. The molecule has 1 heterocycles. The zero-order valence-corrected chi connectivity index (χ0v) is 9.52. The summed E-state index contributed by atoms with van der Waals surface area (Å²) in [6, 6.07) is 5.91. The van der Waals surface area contributed by atoms with Crippen molar-refractivity contribution in [1.29, 1.82) is 0 Å². The summed E-state index contributed by atoms with van der Waals surface area (Å²) in [5.74, 6) is 0. The molecule has 0 saturated carbocycles. The lowest BCUT2D eigenvalue weighted by Gasteiger charge is -2.17. The molecule has 0 N–H and O–H groups in total. The molecule has 1 aliphatic rings. The highest BCUT2D eigenvalue weighted by Crippen LogP contribution is 2.36. The summed E-state index contributed by atoms with van der Waals surface area (Å²) in [6.07, 6.45) is 0.901. The molecule has 14 heavy (non-hydrogen) atoms. The summed E-state index contributed by atoms with van der Waals surface area (Å²) < 4.78 is 0. The molecule has 2 rings (SSSR count). The van der Waals surface area contributed by atoms with Crippen LogP contribution in [0.5, 0.6) is 0 Å². The lowest BCUT2D eigenvalue weighted by molar-refractivity contribution is 0.584. The van der Waals surface area contributed by atoms with Crippen LogP contribution in [-0.4, -0.2) is 5.71 Å². The predicted molar refractivity (Wildman–Crippen MR) is 61.7 cm³/mol. The largest absolute Gasteiger partial charge is 0.257 e. The fourth-order valence-electron chi connectivity index (χ4n) is 1.61. The van der Waals surface area contributed by atoms with Crippen molar-refractivity contribution in [3.63, 3.8) is 0 Å². The Labute approximate surface area is 89.8 Å².